The second kappa shape index (κ2) is 5.43. The molecule has 1 aromatic rings. The van der Waals surface area contributed by atoms with E-state index in [2.05, 4.69) is 0 Å². The first kappa shape index (κ1) is 11.6. The van der Waals surface area contributed by atoms with Gasteiger partial charge in [-0.3, -0.25) is 5.41 Å². The zero-order valence-corrected chi connectivity index (χ0v) is 9.18. The molecule has 88 valence electrons. The zero-order chi connectivity index (χ0) is 12.1. The molecule has 0 bridgehead atoms. The van der Waals surface area contributed by atoms with Gasteiger partial charge in [0.05, 0.1) is 13.2 Å². The Labute approximate surface area is 99.0 Å². The first-order valence-electron chi connectivity index (χ1n) is 5.24. The Kier molecular flexibility index (Phi) is 3.70. The minimum atomic E-state index is -0.325. The number of benzene rings is 1. The van der Waals surface area contributed by atoms with E-state index >= 15 is 0 Å². The molecule has 1 heterocycles. The van der Waals surface area contributed by atoms with Crippen molar-refractivity contribution in [1.29, 1.82) is 10.7 Å². The lowest BCUT2D eigenvalue weighted by Crippen LogP contribution is -2.18. The summed E-state index contributed by atoms with van der Waals surface area (Å²) in [6.07, 6.45) is -0.325. The number of ether oxygens (including phenoxy) is 3. The average molecular weight is 232 g/mol. The van der Waals surface area contributed by atoms with Crippen LogP contribution < -0.4 is 4.74 Å². The predicted molar refractivity (Wildman–Crippen MR) is 60.1 cm³/mol. The van der Waals surface area contributed by atoms with Gasteiger partial charge in [0.25, 0.3) is 0 Å². The molecular formula is C12H12N2O3. The first-order valence-corrected chi connectivity index (χ1v) is 5.24. The molecule has 0 atom stereocenters. The molecule has 17 heavy (non-hydrogen) atoms. The highest BCUT2D eigenvalue weighted by atomic mass is 16.7. The maximum absolute atomic E-state index is 8.63. The second-order valence-electron chi connectivity index (χ2n) is 3.50. The minimum absolute atomic E-state index is 0.0798. The Bertz CT molecular complexity index is 447. The zero-order valence-electron chi connectivity index (χ0n) is 9.18. The molecule has 0 unspecified atom stereocenters. The number of nitriles is 1. The molecule has 1 fully saturated rings. The largest absolute Gasteiger partial charge is 0.488 e. The Morgan fingerprint density at radius 2 is 2.24 bits per heavy atom. The highest BCUT2D eigenvalue weighted by Crippen LogP contribution is 2.15. The van der Waals surface area contributed by atoms with Gasteiger partial charge in [0.15, 0.2) is 6.29 Å². The van der Waals surface area contributed by atoms with Crippen LogP contribution in [-0.2, 0) is 9.47 Å². The SMILES string of the molecule is N#CC(=N)c1cccc(OCC2OCCO2)c1. The third kappa shape index (κ3) is 3.03. The van der Waals surface area contributed by atoms with E-state index < -0.39 is 0 Å². The summed E-state index contributed by atoms with van der Waals surface area (Å²) >= 11 is 0. The van der Waals surface area contributed by atoms with E-state index in [4.69, 9.17) is 24.9 Å². The van der Waals surface area contributed by atoms with Crippen molar-refractivity contribution >= 4 is 5.71 Å². The van der Waals surface area contributed by atoms with E-state index in [0.29, 0.717) is 31.1 Å². The lowest BCUT2D eigenvalue weighted by Gasteiger charge is -2.11. The van der Waals surface area contributed by atoms with E-state index in [1.54, 1.807) is 30.3 Å². The van der Waals surface area contributed by atoms with Crippen LogP contribution in [-0.4, -0.2) is 31.8 Å². The number of nitrogens with zero attached hydrogens (tertiary/aromatic N) is 1. The summed E-state index contributed by atoms with van der Waals surface area (Å²) in [6, 6.07) is 8.64. The monoisotopic (exact) mass is 232 g/mol. The number of nitrogens with one attached hydrogen (secondary N) is 1. The molecule has 1 saturated heterocycles. The van der Waals surface area contributed by atoms with Crippen molar-refractivity contribution < 1.29 is 14.2 Å². The van der Waals surface area contributed by atoms with E-state index in [1.165, 1.54) is 0 Å². The lowest BCUT2D eigenvalue weighted by atomic mass is 10.1. The molecule has 0 amide bonds. The Morgan fingerprint density at radius 3 is 2.94 bits per heavy atom. The van der Waals surface area contributed by atoms with E-state index in [0.717, 1.165) is 0 Å². The smallest absolute Gasteiger partial charge is 0.191 e. The van der Waals surface area contributed by atoms with Gasteiger partial charge in [-0.2, -0.15) is 5.26 Å². The third-order valence-electron chi connectivity index (χ3n) is 2.31. The van der Waals surface area contributed by atoms with Crippen molar-refractivity contribution in [2.75, 3.05) is 19.8 Å². The summed E-state index contributed by atoms with van der Waals surface area (Å²) in [5, 5.41) is 16.0. The normalized spacial score (nSPS) is 15.5. The van der Waals surface area contributed by atoms with Crippen molar-refractivity contribution in [2.24, 2.45) is 0 Å². The van der Waals surface area contributed by atoms with Crippen LogP contribution in [0.25, 0.3) is 0 Å². The molecule has 0 aromatic heterocycles. The molecule has 0 spiro atoms. The summed E-state index contributed by atoms with van der Waals surface area (Å²) in [5.74, 6) is 0.599. The van der Waals surface area contributed by atoms with Crippen LogP contribution in [0.5, 0.6) is 5.75 Å². The Balaban J connectivity index is 1.96. The highest BCUT2D eigenvalue weighted by Gasteiger charge is 2.16. The van der Waals surface area contributed by atoms with Crippen LogP contribution in [0.2, 0.25) is 0 Å². The molecule has 0 saturated carbocycles. The fraction of sp³-hybridized carbons (Fsp3) is 0.333. The van der Waals surface area contributed by atoms with Crippen molar-refractivity contribution in [1.82, 2.24) is 0 Å². The highest BCUT2D eigenvalue weighted by molar-refractivity contribution is 6.09. The van der Waals surface area contributed by atoms with Gasteiger partial charge >= 0.3 is 0 Å². The number of hydrogen-bond donors (Lipinski definition) is 1. The van der Waals surface area contributed by atoms with Crippen molar-refractivity contribution in [2.45, 2.75) is 6.29 Å². The van der Waals surface area contributed by atoms with Gasteiger partial charge in [0, 0.05) is 5.56 Å². The van der Waals surface area contributed by atoms with Gasteiger partial charge in [-0.25, -0.2) is 0 Å². The van der Waals surface area contributed by atoms with Crippen LogP contribution in [0.1, 0.15) is 5.56 Å². The summed E-state index contributed by atoms with van der Waals surface area (Å²) in [6.45, 7) is 1.49. The van der Waals surface area contributed by atoms with E-state index in [1.807, 2.05) is 0 Å². The van der Waals surface area contributed by atoms with Gasteiger partial charge in [0.1, 0.15) is 24.1 Å². The van der Waals surface area contributed by atoms with Crippen LogP contribution >= 0.6 is 0 Å². The van der Waals surface area contributed by atoms with Crippen LogP contribution in [0, 0.1) is 16.7 Å². The quantitative estimate of drug-likeness (QED) is 0.794. The molecule has 1 aliphatic heterocycles. The molecule has 5 heteroatoms. The fourth-order valence-electron chi connectivity index (χ4n) is 1.47. The Morgan fingerprint density at radius 1 is 1.47 bits per heavy atom. The predicted octanol–water partition coefficient (Wildman–Crippen LogP) is 1.33. The summed E-state index contributed by atoms with van der Waals surface area (Å²) in [5.41, 5.74) is 0.460. The van der Waals surface area contributed by atoms with Crippen LogP contribution in [0.3, 0.4) is 0 Å². The molecular weight excluding hydrogens is 220 g/mol. The fourth-order valence-corrected chi connectivity index (χ4v) is 1.47. The van der Waals surface area contributed by atoms with Gasteiger partial charge in [-0.05, 0) is 12.1 Å². The number of rotatable bonds is 4. The topological polar surface area (TPSA) is 75.3 Å². The molecule has 2 rings (SSSR count). The summed E-state index contributed by atoms with van der Waals surface area (Å²) < 4.78 is 15.9. The molecule has 0 aliphatic carbocycles. The molecule has 5 nitrogen and oxygen atoms in total. The van der Waals surface area contributed by atoms with Crippen molar-refractivity contribution in [3.8, 4) is 11.8 Å². The summed E-state index contributed by atoms with van der Waals surface area (Å²) in [7, 11) is 0. The Hall–Kier alpha value is -1.90. The standard InChI is InChI=1S/C12H12N2O3/c13-7-11(14)9-2-1-3-10(6-9)17-8-12-15-4-5-16-12/h1-3,6,12,14H,4-5,8H2. The van der Waals surface area contributed by atoms with Gasteiger partial charge in [-0.15, -0.1) is 0 Å². The average Bonchev–Trinajstić information content (AvgIpc) is 2.89. The van der Waals surface area contributed by atoms with Crippen molar-refractivity contribution in [3.63, 3.8) is 0 Å². The first-order chi connectivity index (χ1) is 8.29. The van der Waals surface area contributed by atoms with Crippen LogP contribution in [0.4, 0.5) is 0 Å². The minimum Gasteiger partial charge on any atom is -0.488 e. The molecule has 1 aromatic carbocycles. The maximum Gasteiger partial charge on any atom is 0.191 e. The lowest BCUT2D eigenvalue weighted by molar-refractivity contribution is -0.0684. The van der Waals surface area contributed by atoms with E-state index in [-0.39, 0.29) is 12.0 Å². The molecule has 1 aliphatic rings. The van der Waals surface area contributed by atoms with Gasteiger partial charge in [-0.1, -0.05) is 12.1 Å². The third-order valence-corrected chi connectivity index (χ3v) is 2.31. The second-order valence-corrected chi connectivity index (χ2v) is 3.50. The van der Waals surface area contributed by atoms with Crippen molar-refractivity contribution in [3.05, 3.63) is 29.8 Å². The summed E-state index contributed by atoms with van der Waals surface area (Å²) in [4.78, 5) is 0. The van der Waals surface area contributed by atoms with Gasteiger partial charge in [0.2, 0.25) is 0 Å². The van der Waals surface area contributed by atoms with Crippen LogP contribution in [0.15, 0.2) is 24.3 Å². The van der Waals surface area contributed by atoms with E-state index in [9.17, 15) is 0 Å². The number of hydrogen-bond acceptors (Lipinski definition) is 5. The van der Waals surface area contributed by atoms with Gasteiger partial charge < -0.3 is 14.2 Å². The molecule has 0 radical (unpaired) electrons. The maximum atomic E-state index is 8.63. The molecule has 1 N–H and O–H groups in total.